The van der Waals surface area contributed by atoms with Gasteiger partial charge in [-0.15, -0.1) is 5.10 Å². The normalized spacial score (nSPS) is 15.8. The first-order chi connectivity index (χ1) is 14.6. The number of rotatable bonds is 4. The van der Waals surface area contributed by atoms with Crippen LogP contribution in [-0.4, -0.2) is 32.2 Å². The number of aromatic nitrogens is 5. The monoisotopic (exact) mass is 411 g/mol. The van der Waals surface area contributed by atoms with Gasteiger partial charge in [0.05, 0.1) is 26.0 Å². The van der Waals surface area contributed by atoms with Gasteiger partial charge in [0.2, 0.25) is 5.82 Å². The van der Waals surface area contributed by atoms with Crippen molar-refractivity contribution in [3.8, 4) is 28.7 Å². The number of fused-ring (bicyclic) bond motifs is 1. The van der Waals surface area contributed by atoms with E-state index in [1.165, 1.54) is 31.4 Å². The topological polar surface area (TPSA) is 88.1 Å². The first-order valence-corrected chi connectivity index (χ1v) is 9.10. The number of methoxy groups -OCH3 is 1. The summed E-state index contributed by atoms with van der Waals surface area (Å²) in [5.74, 6) is -0.326. The maximum Gasteiger partial charge on any atom is 0.280 e. The van der Waals surface area contributed by atoms with E-state index in [4.69, 9.17) is 14.0 Å². The molecule has 1 unspecified atom stereocenters. The van der Waals surface area contributed by atoms with Gasteiger partial charge in [0, 0.05) is 5.56 Å². The molecule has 30 heavy (non-hydrogen) atoms. The third kappa shape index (κ3) is 3.20. The molecule has 0 saturated heterocycles. The quantitative estimate of drug-likeness (QED) is 0.507. The Morgan fingerprint density at radius 1 is 1.13 bits per heavy atom. The van der Waals surface area contributed by atoms with Crippen LogP contribution in [0.4, 0.5) is 8.78 Å². The molecule has 0 radical (unpaired) electrons. The van der Waals surface area contributed by atoms with Crippen LogP contribution >= 0.6 is 0 Å². The van der Waals surface area contributed by atoms with Crippen molar-refractivity contribution in [2.45, 2.75) is 19.3 Å². The fraction of sp³-hybridized carbons (Fsp3) is 0.200. The highest BCUT2D eigenvalue weighted by atomic mass is 19.1. The highest BCUT2D eigenvalue weighted by molar-refractivity contribution is 5.59. The van der Waals surface area contributed by atoms with E-state index >= 15 is 0 Å². The van der Waals surface area contributed by atoms with Gasteiger partial charge in [-0.05, 0) is 35.9 Å². The minimum absolute atomic E-state index is 0.127. The number of halogens is 2. The summed E-state index contributed by atoms with van der Waals surface area (Å²) in [6.45, 7) is 0.637. The first kappa shape index (κ1) is 18.4. The van der Waals surface area contributed by atoms with Crippen molar-refractivity contribution >= 4 is 0 Å². The van der Waals surface area contributed by atoms with E-state index in [0.29, 0.717) is 23.5 Å². The number of ether oxygens (including phenoxy) is 2. The van der Waals surface area contributed by atoms with E-state index in [-0.39, 0.29) is 36.0 Å². The fourth-order valence-electron chi connectivity index (χ4n) is 3.30. The Bertz CT molecular complexity index is 1210. The standard InChI is InChI=1S/C20H15F2N5O3/c1-28-16-7-4-12(8-14(16)22)19-23-20(30-25-19)18-15-10-29-17(9-27(15)26-24-18)11-2-5-13(21)6-3-11/h2-8,17H,9-10H2,1H3. The molecule has 152 valence electrons. The van der Waals surface area contributed by atoms with Crippen LogP contribution < -0.4 is 4.74 Å². The second kappa shape index (κ2) is 7.30. The smallest absolute Gasteiger partial charge is 0.280 e. The first-order valence-electron chi connectivity index (χ1n) is 9.10. The van der Waals surface area contributed by atoms with Gasteiger partial charge in [-0.25, -0.2) is 13.5 Å². The van der Waals surface area contributed by atoms with Crippen LogP contribution in [0.2, 0.25) is 0 Å². The van der Waals surface area contributed by atoms with E-state index in [9.17, 15) is 8.78 Å². The van der Waals surface area contributed by atoms with Gasteiger partial charge in [0.1, 0.15) is 11.9 Å². The summed E-state index contributed by atoms with van der Waals surface area (Å²) in [5.41, 5.74) is 2.38. The van der Waals surface area contributed by atoms with Crippen molar-refractivity contribution in [2.75, 3.05) is 7.11 Å². The summed E-state index contributed by atoms with van der Waals surface area (Å²) in [7, 11) is 1.39. The van der Waals surface area contributed by atoms with Crippen LogP contribution in [0, 0.1) is 11.6 Å². The zero-order chi connectivity index (χ0) is 20.7. The maximum atomic E-state index is 14.0. The molecule has 0 N–H and O–H groups in total. The zero-order valence-electron chi connectivity index (χ0n) is 15.7. The SMILES string of the molecule is COc1ccc(-c2noc(-c3nnn4c3COC(c3ccc(F)cc3)C4)n2)cc1F. The molecular weight excluding hydrogens is 396 g/mol. The summed E-state index contributed by atoms with van der Waals surface area (Å²) in [6.07, 6.45) is -0.270. The Morgan fingerprint density at radius 2 is 1.97 bits per heavy atom. The third-order valence-electron chi connectivity index (χ3n) is 4.88. The molecule has 0 amide bonds. The number of nitrogens with zero attached hydrogens (tertiary/aromatic N) is 5. The molecule has 1 atom stereocenters. The Hall–Kier alpha value is -3.66. The van der Waals surface area contributed by atoms with Gasteiger partial charge in [-0.2, -0.15) is 4.98 Å². The van der Waals surface area contributed by atoms with Crippen molar-refractivity contribution in [2.24, 2.45) is 0 Å². The minimum atomic E-state index is -0.525. The molecule has 0 spiro atoms. The van der Waals surface area contributed by atoms with Crippen LogP contribution in [0.15, 0.2) is 47.0 Å². The lowest BCUT2D eigenvalue weighted by atomic mass is 10.1. The maximum absolute atomic E-state index is 14.0. The van der Waals surface area contributed by atoms with E-state index in [0.717, 1.165) is 5.56 Å². The molecule has 2 aromatic heterocycles. The average molecular weight is 411 g/mol. The van der Waals surface area contributed by atoms with Gasteiger partial charge in [0.25, 0.3) is 5.89 Å². The predicted octanol–water partition coefficient (Wildman–Crippen LogP) is 3.55. The molecule has 3 heterocycles. The molecule has 1 aliphatic rings. The van der Waals surface area contributed by atoms with Gasteiger partial charge in [-0.3, -0.25) is 0 Å². The van der Waals surface area contributed by atoms with Crippen molar-refractivity contribution in [3.05, 3.63) is 65.4 Å². The van der Waals surface area contributed by atoms with Crippen LogP contribution in [-0.2, 0) is 17.9 Å². The summed E-state index contributed by atoms with van der Waals surface area (Å²) >= 11 is 0. The van der Waals surface area contributed by atoms with Crippen LogP contribution in [0.3, 0.4) is 0 Å². The minimum Gasteiger partial charge on any atom is -0.494 e. The molecule has 2 aromatic carbocycles. The van der Waals surface area contributed by atoms with Gasteiger partial charge in [0.15, 0.2) is 17.3 Å². The molecule has 0 saturated carbocycles. The second-order valence-corrected chi connectivity index (χ2v) is 6.69. The lowest BCUT2D eigenvalue weighted by Crippen LogP contribution is -2.22. The van der Waals surface area contributed by atoms with Crippen LogP contribution in [0.1, 0.15) is 17.4 Å². The zero-order valence-corrected chi connectivity index (χ0v) is 15.7. The molecule has 0 bridgehead atoms. The van der Waals surface area contributed by atoms with Gasteiger partial charge in [-0.1, -0.05) is 22.5 Å². The molecule has 10 heteroatoms. The summed E-state index contributed by atoms with van der Waals surface area (Å²) in [4.78, 5) is 4.32. The van der Waals surface area contributed by atoms with E-state index in [1.54, 1.807) is 22.9 Å². The fourth-order valence-corrected chi connectivity index (χ4v) is 3.30. The largest absolute Gasteiger partial charge is 0.494 e. The van der Waals surface area contributed by atoms with Gasteiger partial charge < -0.3 is 14.0 Å². The summed E-state index contributed by atoms with van der Waals surface area (Å²) < 4.78 is 45.0. The van der Waals surface area contributed by atoms with E-state index < -0.39 is 5.82 Å². The van der Waals surface area contributed by atoms with Crippen LogP contribution in [0.25, 0.3) is 23.0 Å². The Kier molecular flexibility index (Phi) is 4.47. The molecule has 1 aliphatic heterocycles. The predicted molar refractivity (Wildman–Crippen MR) is 99.2 cm³/mol. The lowest BCUT2D eigenvalue weighted by Gasteiger charge is -2.24. The van der Waals surface area contributed by atoms with E-state index in [2.05, 4.69) is 20.5 Å². The highest BCUT2D eigenvalue weighted by Gasteiger charge is 2.28. The van der Waals surface area contributed by atoms with Crippen molar-refractivity contribution < 1.29 is 22.8 Å². The Morgan fingerprint density at radius 3 is 2.73 bits per heavy atom. The molecule has 5 rings (SSSR count). The second-order valence-electron chi connectivity index (χ2n) is 6.69. The number of hydrogen-bond acceptors (Lipinski definition) is 7. The average Bonchev–Trinajstić information content (AvgIpc) is 3.41. The summed E-state index contributed by atoms with van der Waals surface area (Å²) in [5, 5.41) is 12.2. The molecular formula is C20H15F2N5O3. The Labute approximate surface area is 169 Å². The number of benzene rings is 2. The van der Waals surface area contributed by atoms with Crippen LogP contribution in [0.5, 0.6) is 5.75 Å². The Balaban J connectivity index is 1.40. The van der Waals surface area contributed by atoms with Gasteiger partial charge >= 0.3 is 0 Å². The lowest BCUT2D eigenvalue weighted by molar-refractivity contribution is -0.00120. The molecule has 8 nitrogen and oxygen atoms in total. The summed E-state index contributed by atoms with van der Waals surface area (Å²) in [6, 6.07) is 10.5. The highest BCUT2D eigenvalue weighted by Crippen LogP contribution is 2.31. The number of hydrogen-bond donors (Lipinski definition) is 0. The van der Waals surface area contributed by atoms with Crippen molar-refractivity contribution in [1.82, 2.24) is 25.1 Å². The third-order valence-corrected chi connectivity index (χ3v) is 4.88. The van der Waals surface area contributed by atoms with E-state index in [1.807, 2.05) is 0 Å². The molecule has 0 fully saturated rings. The molecule has 4 aromatic rings. The molecule has 0 aliphatic carbocycles. The van der Waals surface area contributed by atoms with Crippen molar-refractivity contribution in [1.29, 1.82) is 0 Å². The van der Waals surface area contributed by atoms with Crippen molar-refractivity contribution in [3.63, 3.8) is 0 Å².